The van der Waals surface area contributed by atoms with E-state index in [4.69, 9.17) is 5.73 Å². The smallest absolute Gasteiger partial charge is 0.196 e. The second-order valence-electron chi connectivity index (χ2n) is 5.03. The van der Waals surface area contributed by atoms with E-state index in [1.807, 2.05) is 0 Å². The third kappa shape index (κ3) is 1.74. The van der Waals surface area contributed by atoms with Crippen molar-refractivity contribution in [2.24, 2.45) is 0 Å². The molecule has 6 heteroatoms. The molecular weight excluding hydrogens is 282 g/mol. The lowest BCUT2D eigenvalue weighted by Crippen LogP contribution is -2.23. The van der Waals surface area contributed by atoms with Gasteiger partial charge < -0.3 is 21.5 Å². The molecule has 112 valence electrons. The van der Waals surface area contributed by atoms with Crippen molar-refractivity contribution in [3.8, 4) is 5.75 Å². The number of hydrogen-bond donors (Lipinski definition) is 4. The van der Waals surface area contributed by atoms with Crippen molar-refractivity contribution in [1.82, 2.24) is 0 Å². The van der Waals surface area contributed by atoms with Crippen molar-refractivity contribution in [2.75, 3.05) is 30.5 Å². The van der Waals surface area contributed by atoms with Crippen LogP contribution in [0.4, 0.5) is 17.1 Å². The molecule has 0 radical (unpaired) electrons. The van der Waals surface area contributed by atoms with E-state index in [0.29, 0.717) is 22.5 Å². The van der Waals surface area contributed by atoms with E-state index in [-0.39, 0.29) is 34.1 Å². The predicted octanol–water partition coefficient (Wildman–Crippen LogP) is 1.83. The molecule has 0 aromatic heterocycles. The summed E-state index contributed by atoms with van der Waals surface area (Å²) in [6.45, 7) is 0. The van der Waals surface area contributed by atoms with Gasteiger partial charge >= 0.3 is 0 Å². The predicted molar refractivity (Wildman–Crippen MR) is 84.9 cm³/mol. The first-order chi connectivity index (χ1) is 10.5. The fraction of sp³-hybridized carbons (Fsp3) is 0.125. The van der Waals surface area contributed by atoms with Crippen LogP contribution < -0.4 is 16.4 Å². The van der Waals surface area contributed by atoms with E-state index in [1.165, 1.54) is 12.1 Å². The lowest BCUT2D eigenvalue weighted by atomic mass is 9.82. The molecule has 0 amide bonds. The summed E-state index contributed by atoms with van der Waals surface area (Å²) in [5.74, 6) is -0.821. The zero-order chi connectivity index (χ0) is 16.0. The highest BCUT2D eigenvalue weighted by atomic mass is 16.3. The summed E-state index contributed by atoms with van der Waals surface area (Å²) in [7, 11) is 3.37. The van der Waals surface area contributed by atoms with Crippen LogP contribution in [0.15, 0.2) is 24.3 Å². The molecule has 1 aliphatic carbocycles. The standard InChI is InChI=1S/C16H15N3O3/c1-18-10-3-4-11(19-2)14-13(10)15(21)7-5-9(17)12(20)6-8(7)16(14)22/h3-6,18-20H,17H2,1-2H3. The molecule has 0 heterocycles. The molecule has 0 atom stereocenters. The van der Waals surface area contributed by atoms with Gasteiger partial charge in [0.15, 0.2) is 11.6 Å². The van der Waals surface area contributed by atoms with Gasteiger partial charge in [0, 0.05) is 36.6 Å². The number of carbonyl (C=O) groups excluding carboxylic acids is 2. The largest absolute Gasteiger partial charge is 0.506 e. The molecule has 6 nitrogen and oxygen atoms in total. The fourth-order valence-electron chi connectivity index (χ4n) is 2.74. The third-order valence-electron chi connectivity index (χ3n) is 3.85. The van der Waals surface area contributed by atoms with Crippen molar-refractivity contribution < 1.29 is 14.7 Å². The first-order valence-corrected chi connectivity index (χ1v) is 6.74. The van der Waals surface area contributed by atoms with E-state index in [9.17, 15) is 14.7 Å². The highest BCUT2D eigenvalue weighted by Gasteiger charge is 2.34. The molecular formula is C16H15N3O3. The lowest BCUT2D eigenvalue weighted by molar-refractivity contribution is 0.0980. The van der Waals surface area contributed by atoms with Gasteiger partial charge in [-0.2, -0.15) is 0 Å². The van der Waals surface area contributed by atoms with Crippen molar-refractivity contribution in [3.05, 3.63) is 46.5 Å². The molecule has 0 aliphatic heterocycles. The molecule has 0 fully saturated rings. The number of nitrogens with two attached hydrogens (primary N) is 1. The van der Waals surface area contributed by atoms with Gasteiger partial charge in [0.2, 0.25) is 0 Å². The number of anilines is 3. The molecule has 0 spiro atoms. The SMILES string of the molecule is CNc1ccc(NC)c2c1C(=O)c1cc(N)c(O)cc1C2=O. The number of fused-ring (bicyclic) bond motifs is 2. The van der Waals surface area contributed by atoms with Gasteiger partial charge in [0.05, 0.1) is 16.8 Å². The topological polar surface area (TPSA) is 104 Å². The number of nitrogen functional groups attached to an aromatic ring is 1. The van der Waals surface area contributed by atoms with Gasteiger partial charge in [0.1, 0.15) is 5.75 Å². The van der Waals surface area contributed by atoms with Crippen molar-refractivity contribution in [1.29, 1.82) is 0 Å². The van der Waals surface area contributed by atoms with E-state index < -0.39 is 0 Å². The Morgan fingerprint density at radius 1 is 0.909 bits per heavy atom. The molecule has 0 saturated carbocycles. The molecule has 2 aromatic carbocycles. The Labute approximate surface area is 126 Å². The summed E-state index contributed by atoms with van der Waals surface area (Å²) in [6.07, 6.45) is 0. The number of benzene rings is 2. The molecule has 3 rings (SSSR count). The molecule has 22 heavy (non-hydrogen) atoms. The molecule has 0 unspecified atom stereocenters. The van der Waals surface area contributed by atoms with Gasteiger partial charge in [0.25, 0.3) is 0 Å². The summed E-state index contributed by atoms with van der Waals surface area (Å²) in [5.41, 5.74) is 7.85. The van der Waals surface area contributed by atoms with Crippen molar-refractivity contribution in [2.45, 2.75) is 0 Å². The molecule has 0 saturated heterocycles. The Bertz CT molecular complexity index is 760. The number of carbonyl (C=O) groups is 2. The van der Waals surface area contributed by atoms with E-state index in [2.05, 4.69) is 10.6 Å². The lowest BCUT2D eigenvalue weighted by Gasteiger charge is -2.23. The number of ketones is 2. The average Bonchev–Trinajstić information content (AvgIpc) is 2.53. The normalized spacial score (nSPS) is 12.6. The zero-order valence-corrected chi connectivity index (χ0v) is 12.2. The van der Waals surface area contributed by atoms with Gasteiger partial charge in [-0.25, -0.2) is 0 Å². The maximum atomic E-state index is 12.8. The summed E-state index contributed by atoms with van der Waals surface area (Å²) in [5, 5.41) is 15.6. The van der Waals surface area contributed by atoms with Crippen LogP contribution in [-0.4, -0.2) is 30.8 Å². The summed E-state index contributed by atoms with van der Waals surface area (Å²) >= 11 is 0. The number of phenolic OH excluding ortho intramolecular Hbond substituents is 1. The number of hydrogen-bond acceptors (Lipinski definition) is 6. The summed E-state index contributed by atoms with van der Waals surface area (Å²) in [4.78, 5) is 25.6. The first kappa shape index (κ1) is 13.9. The fourth-order valence-corrected chi connectivity index (χ4v) is 2.74. The highest BCUT2D eigenvalue weighted by molar-refractivity contribution is 6.32. The first-order valence-electron chi connectivity index (χ1n) is 6.74. The summed E-state index contributed by atoms with van der Waals surface area (Å²) < 4.78 is 0. The molecule has 0 bridgehead atoms. The average molecular weight is 297 g/mol. The van der Waals surface area contributed by atoms with Crippen LogP contribution in [0.2, 0.25) is 0 Å². The summed E-state index contributed by atoms with van der Waals surface area (Å²) in [6, 6.07) is 6.07. The quantitative estimate of drug-likeness (QED) is 0.425. The van der Waals surface area contributed by atoms with Gasteiger partial charge in [-0.15, -0.1) is 0 Å². The van der Waals surface area contributed by atoms with E-state index in [0.717, 1.165) is 0 Å². The van der Waals surface area contributed by atoms with Crippen LogP contribution >= 0.6 is 0 Å². The van der Waals surface area contributed by atoms with Crippen LogP contribution in [0.3, 0.4) is 0 Å². The van der Waals surface area contributed by atoms with Crippen LogP contribution in [0.1, 0.15) is 31.8 Å². The highest BCUT2D eigenvalue weighted by Crippen LogP contribution is 2.38. The number of aromatic hydroxyl groups is 1. The van der Waals surface area contributed by atoms with E-state index >= 15 is 0 Å². The van der Waals surface area contributed by atoms with E-state index in [1.54, 1.807) is 26.2 Å². The third-order valence-corrected chi connectivity index (χ3v) is 3.85. The van der Waals surface area contributed by atoms with Crippen LogP contribution in [0.25, 0.3) is 0 Å². The second kappa shape index (κ2) is 4.77. The minimum absolute atomic E-state index is 0.0686. The monoisotopic (exact) mass is 297 g/mol. The molecule has 1 aliphatic rings. The zero-order valence-electron chi connectivity index (χ0n) is 12.2. The van der Waals surface area contributed by atoms with Crippen LogP contribution in [0, 0.1) is 0 Å². The number of nitrogens with one attached hydrogen (secondary N) is 2. The van der Waals surface area contributed by atoms with Crippen LogP contribution in [-0.2, 0) is 0 Å². The minimum atomic E-state index is -0.318. The Morgan fingerprint density at radius 3 is 1.82 bits per heavy atom. The molecule has 2 aromatic rings. The Kier molecular flexibility index (Phi) is 3.02. The van der Waals surface area contributed by atoms with Crippen LogP contribution in [0.5, 0.6) is 5.75 Å². The minimum Gasteiger partial charge on any atom is -0.506 e. The Hall–Kier alpha value is -3.02. The van der Waals surface area contributed by atoms with Gasteiger partial charge in [-0.3, -0.25) is 9.59 Å². The Morgan fingerprint density at radius 2 is 1.36 bits per heavy atom. The Balaban J connectivity index is 2.37. The van der Waals surface area contributed by atoms with Crippen molar-refractivity contribution in [3.63, 3.8) is 0 Å². The number of rotatable bonds is 2. The maximum Gasteiger partial charge on any atom is 0.196 e. The molecule has 5 N–H and O–H groups in total. The van der Waals surface area contributed by atoms with Gasteiger partial charge in [-0.05, 0) is 24.3 Å². The second-order valence-corrected chi connectivity index (χ2v) is 5.03. The maximum absolute atomic E-state index is 12.8. The van der Waals surface area contributed by atoms with Gasteiger partial charge in [-0.1, -0.05) is 0 Å². The number of phenols is 1. The van der Waals surface area contributed by atoms with Crippen molar-refractivity contribution >= 4 is 28.6 Å².